The summed E-state index contributed by atoms with van der Waals surface area (Å²) >= 11 is 0. The number of hydrogen-bond acceptors (Lipinski definition) is 3. The summed E-state index contributed by atoms with van der Waals surface area (Å²) in [6.07, 6.45) is 1.09. The van der Waals surface area contributed by atoms with Crippen LogP contribution < -0.4 is 10.1 Å². The zero-order valence-corrected chi connectivity index (χ0v) is 15.5. The highest BCUT2D eigenvalue weighted by Crippen LogP contribution is 2.15. The summed E-state index contributed by atoms with van der Waals surface area (Å²) in [4.78, 5) is 6.59. The Labute approximate surface area is 149 Å². The molecular formula is C18H29F2N3O2. The van der Waals surface area contributed by atoms with Crippen LogP contribution in [0.25, 0.3) is 0 Å². The van der Waals surface area contributed by atoms with Gasteiger partial charge in [-0.15, -0.1) is 0 Å². The lowest BCUT2D eigenvalue weighted by Crippen LogP contribution is -2.38. The second-order valence-electron chi connectivity index (χ2n) is 5.89. The predicted octanol–water partition coefficient (Wildman–Crippen LogP) is 3.50. The second-order valence-corrected chi connectivity index (χ2v) is 5.89. The van der Waals surface area contributed by atoms with E-state index < -0.39 is 6.61 Å². The van der Waals surface area contributed by atoms with Gasteiger partial charge in [0.2, 0.25) is 0 Å². The molecule has 0 radical (unpaired) electrons. The molecule has 0 aliphatic rings. The van der Waals surface area contributed by atoms with Crippen LogP contribution in [0, 0.1) is 0 Å². The van der Waals surface area contributed by atoms with Crippen molar-refractivity contribution in [1.29, 1.82) is 0 Å². The fourth-order valence-electron chi connectivity index (χ4n) is 2.16. The van der Waals surface area contributed by atoms with Crippen molar-refractivity contribution in [3.05, 3.63) is 29.8 Å². The van der Waals surface area contributed by atoms with Crippen molar-refractivity contribution >= 4 is 5.96 Å². The van der Waals surface area contributed by atoms with Crippen molar-refractivity contribution in [1.82, 2.24) is 10.2 Å². The van der Waals surface area contributed by atoms with Crippen LogP contribution in [-0.4, -0.2) is 50.3 Å². The summed E-state index contributed by atoms with van der Waals surface area (Å²) in [6.45, 7) is 5.99. The lowest BCUT2D eigenvalue weighted by atomic mass is 10.2. The standard InChI is InChI=1S/C18H29F2N3O2/c1-5-21-18(22-11-6-12-24-14(2)3)23(4)13-15-7-9-16(10-8-15)25-17(19)20/h7-10,14,17H,5-6,11-13H2,1-4H3,(H,21,22). The van der Waals surface area contributed by atoms with Crippen molar-refractivity contribution in [3.8, 4) is 5.75 Å². The van der Waals surface area contributed by atoms with Gasteiger partial charge in [-0.2, -0.15) is 8.78 Å². The van der Waals surface area contributed by atoms with Crippen molar-refractivity contribution in [2.24, 2.45) is 4.99 Å². The molecule has 0 saturated carbocycles. The SMILES string of the molecule is CCNC(=NCCCOC(C)C)N(C)Cc1ccc(OC(F)F)cc1. The van der Waals surface area contributed by atoms with Gasteiger partial charge in [0.05, 0.1) is 6.10 Å². The van der Waals surface area contributed by atoms with Crippen molar-refractivity contribution in [2.45, 2.75) is 46.5 Å². The van der Waals surface area contributed by atoms with Crippen LogP contribution in [0.3, 0.4) is 0 Å². The number of hydrogen-bond donors (Lipinski definition) is 1. The third-order valence-corrected chi connectivity index (χ3v) is 3.28. The lowest BCUT2D eigenvalue weighted by Gasteiger charge is -2.22. The van der Waals surface area contributed by atoms with Gasteiger partial charge in [-0.05, 0) is 44.9 Å². The molecule has 25 heavy (non-hydrogen) atoms. The highest BCUT2D eigenvalue weighted by Gasteiger charge is 2.08. The number of halogens is 2. The Kier molecular flexibility index (Phi) is 9.84. The van der Waals surface area contributed by atoms with E-state index in [9.17, 15) is 8.78 Å². The maximum atomic E-state index is 12.2. The maximum absolute atomic E-state index is 12.2. The third kappa shape index (κ3) is 9.24. The molecule has 0 unspecified atom stereocenters. The monoisotopic (exact) mass is 357 g/mol. The van der Waals surface area contributed by atoms with E-state index in [0.717, 1.165) is 24.5 Å². The molecule has 0 aliphatic heterocycles. The van der Waals surface area contributed by atoms with Crippen LogP contribution in [0.2, 0.25) is 0 Å². The molecule has 142 valence electrons. The first-order chi connectivity index (χ1) is 11.9. The fraction of sp³-hybridized carbons (Fsp3) is 0.611. The van der Waals surface area contributed by atoms with Crippen LogP contribution >= 0.6 is 0 Å². The number of guanidine groups is 1. The van der Waals surface area contributed by atoms with E-state index >= 15 is 0 Å². The Bertz CT molecular complexity index is 508. The number of nitrogens with one attached hydrogen (secondary N) is 1. The predicted molar refractivity (Wildman–Crippen MR) is 96.2 cm³/mol. The molecule has 1 N–H and O–H groups in total. The molecule has 1 aromatic rings. The molecule has 0 fully saturated rings. The molecule has 1 rings (SSSR count). The van der Waals surface area contributed by atoms with Gasteiger partial charge in [0, 0.05) is 33.3 Å². The highest BCUT2D eigenvalue weighted by atomic mass is 19.3. The normalized spacial score (nSPS) is 11.9. The molecule has 0 spiro atoms. The number of benzene rings is 1. The topological polar surface area (TPSA) is 46.1 Å². The zero-order valence-electron chi connectivity index (χ0n) is 15.5. The molecule has 5 nitrogen and oxygen atoms in total. The van der Waals surface area contributed by atoms with Gasteiger partial charge in [0.1, 0.15) is 5.75 Å². The molecule has 7 heteroatoms. The average Bonchev–Trinajstić information content (AvgIpc) is 2.54. The van der Waals surface area contributed by atoms with Gasteiger partial charge in [0.25, 0.3) is 0 Å². The summed E-state index contributed by atoms with van der Waals surface area (Å²) < 4.78 is 34.2. The Balaban J connectivity index is 2.55. The van der Waals surface area contributed by atoms with Gasteiger partial charge in [-0.1, -0.05) is 12.1 Å². The number of aliphatic imine (C=N–C) groups is 1. The van der Waals surface area contributed by atoms with Crippen LogP contribution in [0.15, 0.2) is 29.3 Å². The second kappa shape index (κ2) is 11.6. The molecule has 0 bridgehead atoms. The minimum Gasteiger partial charge on any atom is -0.435 e. The average molecular weight is 357 g/mol. The quantitative estimate of drug-likeness (QED) is 0.395. The number of rotatable bonds is 10. The van der Waals surface area contributed by atoms with Crippen molar-refractivity contribution in [3.63, 3.8) is 0 Å². The summed E-state index contributed by atoms with van der Waals surface area (Å²) in [5.74, 6) is 0.965. The van der Waals surface area contributed by atoms with Gasteiger partial charge in [-0.25, -0.2) is 0 Å². The van der Waals surface area contributed by atoms with Gasteiger partial charge >= 0.3 is 6.61 Å². The first kappa shape index (κ1) is 21.2. The molecule has 0 amide bonds. The number of ether oxygens (including phenoxy) is 2. The number of alkyl halides is 2. The lowest BCUT2D eigenvalue weighted by molar-refractivity contribution is -0.0498. The number of nitrogens with zero attached hydrogens (tertiary/aromatic N) is 2. The third-order valence-electron chi connectivity index (χ3n) is 3.28. The molecule has 0 aliphatic carbocycles. The van der Waals surface area contributed by atoms with E-state index in [1.165, 1.54) is 0 Å². The molecular weight excluding hydrogens is 328 g/mol. The minimum absolute atomic E-state index is 0.159. The minimum atomic E-state index is -2.80. The summed E-state index contributed by atoms with van der Waals surface area (Å²) in [6, 6.07) is 6.63. The Morgan fingerprint density at radius 3 is 2.48 bits per heavy atom. The van der Waals surface area contributed by atoms with Gasteiger partial charge < -0.3 is 19.7 Å². The van der Waals surface area contributed by atoms with Crippen molar-refractivity contribution in [2.75, 3.05) is 26.7 Å². The highest BCUT2D eigenvalue weighted by molar-refractivity contribution is 5.79. The molecule has 0 aromatic heterocycles. The molecule has 0 atom stereocenters. The smallest absolute Gasteiger partial charge is 0.387 e. The first-order valence-electron chi connectivity index (χ1n) is 8.57. The van der Waals surface area contributed by atoms with Crippen LogP contribution in [0.5, 0.6) is 5.75 Å². The van der Waals surface area contributed by atoms with E-state index in [1.54, 1.807) is 24.3 Å². The molecule has 0 heterocycles. The molecule has 1 aromatic carbocycles. The van der Waals surface area contributed by atoms with E-state index in [1.807, 2.05) is 32.7 Å². The van der Waals surface area contributed by atoms with Crippen LogP contribution in [0.1, 0.15) is 32.8 Å². The first-order valence-corrected chi connectivity index (χ1v) is 8.57. The Morgan fingerprint density at radius 2 is 1.92 bits per heavy atom. The van der Waals surface area contributed by atoms with Crippen molar-refractivity contribution < 1.29 is 18.3 Å². The zero-order chi connectivity index (χ0) is 18.7. The Morgan fingerprint density at radius 1 is 1.24 bits per heavy atom. The summed E-state index contributed by atoms with van der Waals surface area (Å²) in [5.41, 5.74) is 0.984. The molecule has 0 saturated heterocycles. The fourth-order valence-corrected chi connectivity index (χ4v) is 2.16. The van der Waals surface area contributed by atoms with Gasteiger partial charge in [0.15, 0.2) is 5.96 Å². The van der Waals surface area contributed by atoms with E-state index in [-0.39, 0.29) is 11.9 Å². The largest absolute Gasteiger partial charge is 0.435 e. The van der Waals surface area contributed by atoms with E-state index in [2.05, 4.69) is 15.0 Å². The maximum Gasteiger partial charge on any atom is 0.387 e. The summed E-state index contributed by atoms with van der Waals surface area (Å²) in [7, 11) is 1.94. The van der Waals surface area contributed by atoms with Gasteiger partial charge in [-0.3, -0.25) is 4.99 Å². The Hall–Kier alpha value is -1.89. The summed E-state index contributed by atoms with van der Waals surface area (Å²) in [5, 5.41) is 3.25. The van der Waals surface area contributed by atoms with E-state index in [0.29, 0.717) is 19.7 Å². The van der Waals surface area contributed by atoms with Crippen LogP contribution in [-0.2, 0) is 11.3 Å². The van der Waals surface area contributed by atoms with Crippen LogP contribution in [0.4, 0.5) is 8.78 Å². The van der Waals surface area contributed by atoms with E-state index in [4.69, 9.17) is 4.74 Å².